The molecule has 0 aliphatic heterocycles. The zero-order chi connectivity index (χ0) is 41.3. The maximum absolute atomic E-state index is 12.7. The zero-order valence-electron chi connectivity index (χ0n) is 34.4. The van der Waals surface area contributed by atoms with Gasteiger partial charge in [-0.2, -0.15) is 0 Å². The van der Waals surface area contributed by atoms with Crippen LogP contribution in [-0.4, -0.2) is 65.6 Å². The summed E-state index contributed by atoms with van der Waals surface area (Å²) in [5, 5.41) is 2.14. The Labute approximate surface area is 343 Å². The number of rotatable bonds is 16. The molecule has 5 rings (SSSR count). The minimum atomic E-state index is 0.217. The molecule has 5 aromatic rings. The van der Waals surface area contributed by atoms with Gasteiger partial charge in [-0.05, 0) is 72.7 Å². The lowest BCUT2D eigenvalue weighted by molar-refractivity contribution is -0.132. The van der Waals surface area contributed by atoms with Gasteiger partial charge >= 0.3 is 0 Å². The van der Waals surface area contributed by atoms with Crippen molar-refractivity contribution in [2.45, 2.75) is 80.3 Å². The molecule has 2 N–H and O–H groups in total. The summed E-state index contributed by atoms with van der Waals surface area (Å²) in [5.74, 6) is 2.02. The van der Waals surface area contributed by atoms with Gasteiger partial charge in [0, 0.05) is 31.8 Å². The molecule has 9 nitrogen and oxygen atoms in total. The summed E-state index contributed by atoms with van der Waals surface area (Å²) >= 11 is 3.45. The van der Waals surface area contributed by atoms with E-state index in [1.807, 2.05) is 61.5 Å². The molecule has 0 fully saturated rings. The predicted molar refractivity (Wildman–Crippen MR) is 235 cm³/mol. The van der Waals surface area contributed by atoms with Crippen molar-refractivity contribution in [1.29, 1.82) is 0 Å². The molecule has 2 amide bonds. The first-order valence-electron chi connectivity index (χ1n) is 19.2. The number of hydrogen-bond donors (Lipinski definition) is 1. The van der Waals surface area contributed by atoms with Gasteiger partial charge in [-0.25, -0.2) is 9.97 Å². The lowest BCUT2D eigenvalue weighted by atomic mass is 10.0. The summed E-state index contributed by atoms with van der Waals surface area (Å²) in [6.45, 7) is 15.9. The van der Waals surface area contributed by atoms with Gasteiger partial charge < -0.3 is 20.2 Å². The number of para-hydroxylation sites is 1. The third-order valence-corrected chi connectivity index (χ3v) is 10.2. The van der Waals surface area contributed by atoms with Crippen LogP contribution in [0.25, 0.3) is 32.0 Å². The van der Waals surface area contributed by atoms with Gasteiger partial charge in [-0.3, -0.25) is 14.5 Å². The second kappa shape index (κ2) is 27.0. The van der Waals surface area contributed by atoms with Crippen LogP contribution in [0.1, 0.15) is 77.2 Å². The number of hydrogen-bond acceptors (Lipinski definition) is 9. The van der Waals surface area contributed by atoms with Gasteiger partial charge in [0.1, 0.15) is 22.1 Å². The van der Waals surface area contributed by atoms with Crippen molar-refractivity contribution in [3.8, 4) is 37.8 Å². The number of aldehydes is 1. The molecule has 2 aromatic heterocycles. The van der Waals surface area contributed by atoms with Crippen LogP contribution in [-0.2, 0) is 27.5 Å². The molecule has 3 aromatic carbocycles. The molecule has 0 aliphatic carbocycles. The van der Waals surface area contributed by atoms with E-state index in [9.17, 15) is 9.59 Å². The number of carbonyl (C=O) groups excluding carboxylic acids is 3. The second-order valence-electron chi connectivity index (χ2n) is 14.0. The maximum atomic E-state index is 12.7. The van der Waals surface area contributed by atoms with E-state index in [1.165, 1.54) is 21.6 Å². The smallest absolute Gasteiger partial charge is 0.223 e. The molecule has 0 saturated heterocycles. The molecule has 0 atom stereocenters. The van der Waals surface area contributed by atoms with Crippen molar-refractivity contribution in [2.75, 3.05) is 27.2 Å². The highest BCUT2D eigenvalue weighted by Gasteiger charge is 2.17. The highest BCUT2D eigenvalue weighted by molar-refractivity contribution is 7.15. The third kappa shape index (κ3) is 17.8. The molecule has 2 heterocycles. The van der Waals surface area contributed by atoms with Crippen LogP contribution in [0.4, 0.5) is 0 Å². The van der Waals surface area contributed by atoms with Gasteiger partial charge in [0.15, 0.2) is 0 Å². The van der Waals surface area contributed by atoms with Crippen LogP contribution in [0.15, 0.2) is 91.3 Å². The van der Waals surface area contributed by atoms with Crippen LogP contribution in [0, 0.1) is 11.8 Å². The SMILES string of the molecule is CC(C)CC=O.CCCN(C)Cc1ncc(-c2ccc(-c3ccc(-c4cnc(CN(CCC)C(=O)CC(C)C)s4)cc3)cc2)s1.COc1ccccc1.NC=O. The number of amides is 2. The predicted octanol–water partition coefficient (Wildman–Crippen LogP) is 10.3. The van der Waals surface area contributed by atoms with Crippen LogP contribution < -0.4 is 10.5 Å². The Morgan fingerprint density at radius 3 is 1.57 bits per heavy atom. The van der Waals surface area contributed by atoms with Gasteiger partial charge in [0.2, 0.25) is 12.3 Å². The van der Waals surface area contributed by atoms with Gasteiger partial charge in [0.25, 0.3) is 0 Å². The molecule has 56 heavy (non-hydrogen) atoms. The van der Waals surface area contributed by atoms with Crippen LogP contribution in [0.2, 0.25) is 0 Å². The average molecular weight is 800 g/mol. The van der Waals surface area contributed by atoms with Gasteiger partial charge in [-0.15, -0.1) is 22.7 Å². The molecule has 11 heteroatoms. The van der Waals surface area contributed by atoms with Crippen molar-refractivity contribution in [2.24, 2.45) is 17.6 Å². The van der Waals surface area contributed by atoms with Crippen molar-refractivity contribution in [1.82, 2.24) is 19.8 Å². The summed E-state index contributed by atoms with van der Waals surface area (Å²) in [7, 11) is 3.81. The highest BCUT2D eigenvalue weighted by Crippen LogP contribution is 2.32. The molecular formula is C45H61N5O4S2. The van der Waals surface area contributed by atoms with E-state index in [0.717, 1.165) is 65.0 Å². The topological polar surface area (TPSA) is 119 Å². The number of carbonyl (C=O) groups is 3. The van der Waals surface area contributed by atoms with Crippen LogP contribution in [0.3, 0.4) is 0 Å². The van der Waals surface area contributed by atoms with Crippen molar-refractivity contribution in [3.05, 3.63) is 101 Å². The molecule has 0 radical (unpaired) electrons. The van der Waals surface area contributed by atoms with Gasteiger partial charge in [0.05, 0.1) is 30.0 Å². The fourth-order valence-corrected chi connectivity index (χ4v) is 7.27. The van der Waals surface area contributed by atoms with E-state index in [0.29, 0.717) is 31.2 Å². The molecule has 0 unspecified atom stereocenters. The van der Waals surface area contributed by atoms with Crippen LogP contribution in [0.5, 0.6) is 5.75 Å². The number of methoxy groups -OCH3 is 1. The Morgan fingerprint density at radius 1 is 0.732 bits per heavy atom. The molecule has 0 aliphatic rings. The number of primary amides is 1. The van der Waals surface area contributed by atoms with Crippen molar-refractivity contribution >= 4 is 41.3 Å². The Kier molecular flexibility index (Phi) is 22.9. The van der Waals surface area contributed by atoms with E-state index in [-0.39, 0.29) is 12.3 Å². The first-order chi connectivity index (χ1) is 27.0. The first kappa shape index (κ1) is 47.4. The Bertz CT molecular complexity index is 1810. The van der Waals surface area contributed by atoms with Crippen molar-refractivity contribution in [3.63, 3.8) is 0 Å². The number of aromatic nitrogens is 2. The fraction of sp³-hybridized carbons (Fsp3) is 0.400. The summed E-state index contributed by atoms with van der Waals surface area (Å²) in [6, 6.07) is 27.1. The molecular weight excluding hydrogens is 739 g/mol. The number of nitrogens with two attached hydrogens (primary N) is 1. The molecule has 0 saturated carbocycles. The van der Waals surface area contributed by atoms with Crippen molar-refractivity contribution < 1.29 is 19.1 Å². The number of thiazole rings is 2. The Hall–Kier alpha value is -4.71. The monoisotopic (exact) mass is 799 g/mol. The largest absolute Gasteiger partial charge is 0.497 e. The minimum Gasteiger partial charge on any atom is -0.497 e. The fourth-order valence-electron chi connectivity index (χ4n) is 5.33. The Morgan fingerprint density at radius 2 is 1.20 bits per heavy atom. The third-order valence-electron chi connectivity index (χ3n) is 8.09. The van der Waals surface area contributed by atoms with Gasteiger partial charge in [-0.1, -0.05) is 108 Å². The van der Waals surface area contributed by atoms with E-state index < -0.39 is 0 Å². The standard InChI is InChI=1S/C32H40N4OS2.C7H8O.C5H10O.CH3NO/c1-6-16-35(5)21-30-33-19-28(38-30)26-12-8-24(9-13-26)25-10-14-27(15-11-25)29-20-34-31(39-29)22-36(17-7-2)32(37)18-23(3)4;1-8-7-5-3-2-4-6-7;1-5(2)3-4-6;2-1-3/h8-15,19-20,23H,6-7,16-18,21-22H2,1-5H3;2-6H,1H3;4-5H,3H2,1-2H3;1H,(H2,2,3). The number of nitrogens with zero attached hydrogens (tertiary/aromatic N) is 4. The van der Waals surface area contributed by atoms with E-state index >= 15 is 0 Å². The summed E-state index contributed by atoms with van der Waals surface area (Å²) in [5.41, 5.74) is 8.91. The number of ether oxygens (including phenoxy) is 1. The summed E-state index contributed by atoms with van der Waals surface area (Å²) in [6.07, 6.45) is 8.51. The summed E-state index contributed by atoms with van der Waals surface area (Å²) < 4.78 is 4.91. The number of benzene rings is 3. The summed E-state index contributed by atoms with van der Waals surface area (Å²) in [4.78, 5) is 46.7. The maximum Gasteiger partial charge on any atom is 0.223 e. The highest BCUT2D eigenvalue weighted by atomic mass is 32.1. The normalized spacial score (nSPS) is 10.4. The quantitative estimate of drug-likeness (QED) is 0.0987. The molecule has 0 spiro atoms. The Balaban J connectivity index is 0.000000527. The van der Waals surface area contributed by atoms with E-state index in [4.69, 9.17) is 9.53 Å². The molecule has 0 bridgehead atoms. The van der Waals surface area contributed by atoms with E-state index in [1.54, 1.807) is 29.8 Å². The van der Waals surface area contributed by atoms with E-state index in [2.05, 4.69) is 104 Å². The van der Waals surface area contributed by atoms with Crippen LogP contribution >= 0.6 is 22.7 Å². The second-order valence-corrected chi connectivity index (χ2v) is 16.2. The average Bonchev–Trinajstić information content (AvgIpc) is 3.86. The lowest BCUT2D eigenvalue weighted by Gasteiger charge is -2.22. The minimum absolute atomic E-state index is 0.217. The zero-order valence-corrected chi connectivity index (χ0v) is 36.1. The molecule has 302 valence electrons. The first-order valence-corrected chi connectivity index (χ1v) is 20.9. The lowest BCUT2D eigenvalue weighted by Crippen LogP contribution is -2.31.